The van der Waals surface area contributed by atoms with Crippen LogP contribution in [0.5, 0.6) is 0 Å². The number of hydrogen-bond acceptors (Lipinski definition) is 6. The molecule has 0 aromatic carbocycles. The topological polar surface area (TPSA) is 43.4 Å². The van der Waals surface area contributed by atoms with Crippen LogP contribution in [-0.4, -0.2) is 74.5 Å². The quantitative estimate of drug-likeness (QED) is 0.518. The molecule has 25 heavy (non-hydrogen) atoms. The van der Waals surface area contributed by atoms with Crippen molar-refractivity contribution in [1.29, 1.82) is 0 Å². The number of hydrogen-bond donors (Lipinski definition) is 0. The van der Waals surface area contributed by atoms with Gasteiger partial charge >= 0.3 is 163 Å². The molecule has 0 aromatic heterocycles. The first-order valence-electron chi connectivity index (χ1n) is 9.08. The summed E-state index contributed by atoms with van der Waals surface area (Å²) in [7, 11) is 8.15. The molecule has 0 spiro atoms. The van der Waals surface area contributed by atoms with Crippen LogP contribution in [0.4, 0.5) is 0 Å². The molecule has 0 aliphatic rings. The first kappa shape index (κ1) is 25.6. The monoisotopic (exact) mass is 440 g/mol. The Hall–Kier alpha value is 0.643. The molecule has 0 amide bonds. The molecule has 0 bridgehead atoms. The molecule has 0 saturated heterocycles. The van der Waals surface area contributed by atoms with Crippen molar-refractivity contribution in [2.45, 2.75) is 78.7 Å². The minimum atomic E-state index is -4.25. The van der Waals surface area contributed by atoms with Crippen LogP contribution in [0, 0.1) is 0 Å². The van der Waals surface area contributed by atoms with Gasteiger partial charge in [0.2, 0.25) is 0 Å². The van der Waals surface area contributed by atoms with Crippen LogP contribution < -0.4 is 0 Å². The Kier molecular flexibility index (Phi) is 10.5. The van der Waals surface area contributed by atoms with Crippen LogP contribution in [-0.2, 0) is 33.3 Å². The van der Waals surface area contributed by atoms with E-state index in [0.717, 1.165) is 0 Å². The van der Waals surface area contributed by atoms with E-state index in [0.29, 0.717) is 13.2 Å². The van der Waals surface area contributed by atoms with Crippen molar-refractivity contribution >= 4 is 0 Å². The van der Waals surface area contributed by atoms with Gasteiger partial charge in [0.05, 0.1) is 0 Å². The molecule has 0 aliphatic carbocycles. The third kappa shape index (κ3) is 11.9. The number of rotatable bonds is 10. The molecule has 0 aromatic rings. The third-order valence-electron chi connectivity index (χ3n) is 3.63. The first-order valence-corrected chi connectivity index (χ1v) is 13.1. The van der Waals surface area contributed by atoms with E-state index < -0.39 is 33.2 Å². The summed E-state index contributed by atoms with van der Waals surface area (Å²) in [5, 5.41) is 0. The zero-order valence-electron chi connectivity index (χ0n) is 18.6. The van der Waals surface area contributed by atoms with Gasteiger partial charge in [-0.05, 0) is 0 Å². The second-order valence-corrected chi connectivity index (χ2v) is 14.1. The molecule has 0 saturated carbocycles. The zero-order valence-corrected chi connectivity index (χ0v) is 21.1. The molecule has 2 atom stereocenters. The van der Waals surface area contributed by atoms with Gasteiger partial charge in [-0.2, -0.15) is 0 Å². The second kappa shape index (κ2) is 10.3. The standard InChI is InChI=1S/2C5H12NO.2C4H9O.Zr/c2*1-5(4-7)6(2)3;2*1-4(2,3)5;/h2*5H,4H2,1-3H3;2*1-3H3;/q4*-1;+4. The van der Waals surface area contributed by atoms with Crippen molar-refractivity contribution in [1.82, 2.24) is 9.80 Å². The second-order valence-electron chi connectivity index (χ2n) is 9.18. The molecule has 0 N–H and O–H groups in total. The summed E-state index contributed by atoms with van der Waals surface area (Å²) in [6, 6.07) is 0.496. The van der Waals surface area contributed by atoms with E-state index >= 15 is 0 Å². The Morgan fingerprint density at radius 3 is 1.16 bits per heavy atom. The summed E-state index contributed by atoms with van der Waals surface area (Å²) in [5.41, 5.74) is -0.798. The average Bonchev–Trinajstić information content (AvgIpc) is 2.38. The molecule has 0 rings (SSSR count). The van der Waals surface area contributed by atoms with Crippen LogP contribution >= 0.6 is 0 Å². The SMILES string of the molecule is CC(C[O][Zr]([O]CC(C)N(C)C)([O]C(C)(C)C)[O]C(C)(C)C)N(C)C. The molecule has 2 unspecified atom stereocenters. The van der Waals surface area contributed by atoms with Gasteiger partial charge in [-0.1, -0.05) is 0 Å². The average molecular weight is 442 g/mol. The predicted octanol–water partition coefficient (Wildman–Crippen LogP) is 3.36. The molecule has 7 heteroatoms. The Balaban J connectivity index is 5.46. The molecule has 0 radical (unpaired) electrons. The van der Waals surface area contributed by atoms with Gasteiger partial charge in [0.15, 0.2) is 0 Å². The fourth-order valence-corrected chi connectivity index (χ4v) is 8.44. The summed E-state index contributed by atoms with van der Waals surface area (Å²) < 4.78 is 25.4. The zero-order chi connectivity index (χ0) is 20.1. The summed E-state index contributed by atoms with van der Waals surface area (Å²) in [6.45, 7) is 17.4. The van der Waals surface area contributed by atoms with Crippen LogP contribution in [0.25, 0.3) is 0 Å². The first-order chi connectivity index (χ1) is 11.1. The molecule has 0 heterocycles. The van der Waals surface area contributed by atoms with Crippen LogP contribution in [0.2, 0.25) is 0 Å². The van der Waals surface area contributed by atoms with Gasteiger partial charge in [0.25, 0.3) is 0 Å². The van der Waals surface area contributed by atoms with Crippen LogP contribution in [0.15, 0.2) is 0 Å². The Bertz CT molecular complexity index is 342. The molecular formula is C18H42N2O4Zr. The maximum absolute atomic E-state index is 6.37. The minimum absolute atomic E-state index is 0.248. The van der Waals surface area contributed by atoms with E-state index in [9.17, 15) is 0 Å². The summed E-state index contributed by atoms with van der Waals surface area (Å²) in [6.07, 6.45) is 0. The van der Waals surface area contributed by atoms with Gasteiger partial charge in [-0.15, -0.1) is 0 Å². The van der Waals surface area contributed by atoms with Crippen molar-refractivity contribution in [3.63, 3.8) is 0 Å². The van der Waals surface area contributed by atoms with Gasteiger partial charge in [0.1, 0.15) is 0 Å². The molecular weight excluding hydrogens is 399 g/mol. The Morgan fingerprint density at radius 1 is 0.680 bits per heavy atom. The third-order valence-corrected chi connectivity index (χ3v) is 10.4. The number of nitrogens with zero attached hydrogens (tertiary/aromatic N) is 2. The van der Waals surface area contributed by atoms with Crippen molar-refractivity contribution in [2.24, 2.45) is 0 Å². The van der Waals surface area contributed by atoms with Gasteiger partial charge in [-0.25, -0.2) is 0 Å². The predicted molar refractivity (Wildman–Crippen MR) is 99.9 cm³/mol. The maximum atomic E-state index is 6.37. The van der Waals surface area contributed by atoms with E-state index in [4.69, 9.17) is 11.3 Å². The van der Waals surface area contributed by atoms with E-state index in [1.165, 1.54) is 0 Å². The molecule has 6 nitrogen and oxygen atoms in total. The van der Waals surface area contributed by atoms with E-state index in [-0.39, 0.29) is 12.1 Å². The fraction of sp³-hybridized carbons (Fsp3) is 1.00. The summed E-state index contributed by atoms with van der Waals surface area (Å²) in [4.78, 5) is 4.24. The van der Waals surface area contributed by atoms with Crippen molar-refractivity contribution in [3.05, 3.63) is 0 Å². The Morgan fingerprint density at radius 2 is 0.960 bits per heavy atom. The van der Waals surface area contributed by atoms with Crippen molar-refractivity contribution in [2.75, 3.05) is 41.4 Å². The molecule has 0 aliphatic heterocycles. The van der Waals surface area contributed by atoms with Crippen LogP contribution in [0.1, 0.15) is 55.4 Å². The fourth-order valence-electron chi connectivity index (χ4n) is 1.67. The van der Waals surface area contributed by atoms with E-state index in [2.05, 4.69) is 23.6 Å². The van der Waals surface area contributed by atoms with Crippen molar-refractivity contribution < 1.29 is 33.3 Å². The normalized spacial score (nSPS) is 16.6. The van der Waals surface area contributed by atoms with Crippen LogP contribution in [0.3, 0.4) is 0 Å². The molecule has 152 valence electrons. The van der Waals surface area contributed by atoms with E-state index in [1.54, 1.807) is 0 Å². The van der Waals surface area contributed by atoms with E-state index in [1.807, 2.05) is 69.7 Å². The number of likely N-dealkylation sites (N-methyl/N-ethyl adjacent to an activating group) is 2. The van der Waals surface area contributed by atoms with Gasteiger partial charge in [-0.3, -0.25) is 0 Å². The molecule has 0 fully saturated rings. The van der Waals surface area contributed by atoms with Gasteiger partial charge in [0, 0.05) is 0 Å². The van der Waals surface area contributed by atoms with Gasteiger partial charge < -0.3 is 0 Å². The van der Waals surface area contributed by atoms with Crippen molar-refractivity contribution in [3.8, 4) is 0 Å². The summed E-state index contributed by atoms with van der Waals surface area (Å²) >= 11 is -4.25. The summed E-state index contributed by atoms with van der Waals surface area (Å²) in [5.74, 6) is 0. The Labute approximate surface area is 163 Å².